The highest BCUT2D eigenvalue weighted by molar-refractivity contribution is 6.34. The fourth-order valence-electron chi connectivity index (χ4n) is 2.97. The van der Waals surface area contributed by atoms with Gasteiger partial charge in [-0.15, -0.1) is 0 Å². The highest BCUT2D eigenvalue weighted by Crippen LogP contribution is 2.25. The first-order chi connectivity index (χ1) is 14.8. The predicted molar refractivity (Wildman–Crippen MR) is 112 cm³/mol. The number of carbonyl (C=O) groups excluding carboxylic acids is 2. The smallest absolute Gasteiger partial charge is 0.257 e. The molecule has 0 spiro atoms. The maximum Gasteiger partial charge on any atom is 0.257 e. The fourth-order valence-corrected chi connectivity index (χ4v) is 3.13. The number of nitrogens with one attached hydrogen (secondary N) is 2. The monoisotopic (exact) mass is 443 g/mol. The molecule has 0 bridgehead atoms. The lowest BCUT2D eigenvalue weighted by atomic mass is 10.1. The number of rotatable bonds is 5. The molecule has 1 aliphatic carbocycles. The molecule has 6 nitrogen and oxygen atoms in total. The second-order valence-corrected chi connectivity index (χ2v) is 7.50. The second-order valence-electron chi connectivity index (χ2n) is 7.09. The molecule has 0 saturated heterocycles. The van der Waals surface area contributed by atoms with Crippen molar-refractivity contribution in [1.29, 1.82) is 0 Å². The number of nitrogens with zero attached hydrogens (tertiary/aromatic N) is 1. The van der Waals surface area contributed by atoms with E-state index in [0.29, 0.717) is 5.56 Å². The lowest BCUT2D eigenvalue weighted by Gasteiger charge is -2.12. The first kappa shape index (κ1) is 20.7. The van der Waals surface area contributed by atoms with E-state index in [1.807, 2.05) is 0 Å². The summed E-state index contributed by atoms with van der Waals surface area (Å²) in [6, 6.07) is 10.1. The molecule has 4 rings (SSSR count). The van der Waals surface area contributed by atoms with E-state index in [1.165, 1.54) is 30.3 Å². The van der Waals surface area contributed by atoms with Crippen LogP contribution in [-0.2, 0) is 0 Å². The molecule has 158 valence electrons. The van der Waals surface area contributed by atoms with Crippen molar-refractivity contribution >= 4 is 29.1 Å². The molecule has 2 amide bonds. The number of benzene rings is 2. The van der Waals surface area contributed by atoms with Crippen LogP contribution in [0.15, 0.2) is 59.5 Å². The highest BCUT2D eigenvalue weighted by atomic mass is 35.5. The van der Waals surface area contributed by atoms with Gasteiger partial charge in [0.2, 0.25) is 0 Å². The molecule has 1 saturated carbocycles. The van der Waals surface area contributed by atoms with E-state index in [2.05, 4.69) is 10.6 Å². The van der Waals surface area contributed by atoms with Crippen LogP contribution in [0, 0.1) is 11.6 Å². The minimum Gasteiger partial charge on any atom is -0.349 e. The Bertz CT molecular complexity index is 1230. The number of hydrogen-bond donors (Lipinski definition) is 2. The first-order valence-electron chi connectivity index (χ1n) is 9.42. The Balaban J connectivity index is 1.62. The standard InChI is InChI=1S/C22H16ClF2N3O3/c23-15-8-4-12(21(30)26-14-6-7-14)10-18(15)27-22(31)13-5-9-19(29)28(11-13)20-16(24)2-1-3-17(20)25/h1-5,8-11,14H,6-7H2,(H,26,30)(H,27,31). The summed E-state index contributed by atoms with van der Waals surface area (Å²) < 4.78 is 28.9. The van der Waals surface area contributed by atoms with Gasteiger partial charge in [0.25, 0.3) is 17.4 Å². The third-order valence-electron chi connectivity index (χ3n) is 4.74. The Morgan fingerprint density at radius 1 is 0.968 bits per heavy atom. The van der Waals surface area contributed by atoms with E-state index < -0.39 is 28.8 Å². The summed E-state index contributed by atoms with van der Waals surface area (Å²) in [5.41, 5.74) is -0.822. The van der Waals surface area contributed by atoms with Crippen molar-refractivity contribution in [3.63, 3.8) is 0 Å². The molecule has 2 aromatic carbocycles. The average molecular weight is 444 g/mol. The van der Waals surface area contributed by atoms with Gasteiger partial charge in [0.1, 0.15) is 17.3 Å². The molecule has 0 radical (unpaired) electrons. The summed E-state index contributed by atoms with van der Waals surface area (Å²) >= 11 is 6.14. The van der Waals surface area contributed by atoms with Gasteiger partial charge in [-0.3, -0.25) is 19.0 Å². The Morgan fingerprint density at radius 2 is 1.65 bits per heavy atom. The summed E-state index contributed by atoms with van der Waals surface area (Å²) in [5.74, 6) is -2.85. The molecule has 1 aliphatic rings. The Morgan fingerprint density at radius 3 is 2.32 bits per heavy atom. The molecule has 1 heterocycles. The molecule has 31 heavy (non-hydrogen) atoms. The maximum absolute atomic E-state index is 14.1. The average Bonchev–Trinajstić information content (AvgIpc) is 3.54. The van der Waals surface area contributed by atoms with Gasteiger partial charge in [0.05, 0.1) is 16.3 Å². The van der Waals surface area contributed by atoms with Crippen LogP contribution >= 0.6 is 11.6 Å². The van der Waals surface area contributed by atoms with Gasteiger partial charge in [0, 0.05) is 23.9 Å². The van der Waals surface area contributed by atoms with E-state index in [4.69, 9.17) is 11.6 Å². The third-order valence-corrected chi connectivity index (χ3v) is 5.07. The third kappa shape index (κ3) is 4.49. The van der Waals surface area contributed by atoms with Crippen LogP contribution in [0.3, 0.4) is 0 Å². The first-order valence-corrected chi connectivity index (χ1v) is 9.80. The number of pyridine rings is 1. The number of para-hydroxylation sites is 1. The predicted octanol–water partition coefficient (Wildman–Crippen LogP) is 3.91. The lowest BCUT2D eigenvalue weighted by Crippen LogP contribution is -2.25. The summed E-state index contributed by atoms with van der Waals surface area (Å²) in [4.78, 5) is 37.1. The topological polar surface area (TPSA) is 80.2 Å². The van der Waals surface area contributed by atoms with Crippen molar-refractivity contribution in [3.05, 3.63) is 92.9 Å². The van der Waals surface area contributed by atoms with Gasteiger partial charge in [-0.2, -0.15) is 0 Å². The van der Waals surface area contributed by atoms with Crippen molar-refractivity contribution in [2.45, 2.75) is 18.9 Å². The number of hydrogen-bond acceptors (Lipinski definition) is 3. The van der Waals surface area contributed by atoms with Crippen molar-refractivity contribution in [3.8, 4) is 5.69 Å². The molecular weight excluding hydrogens is 428 g/mol. The Labute approximate surface area is 180 Å². The van der Waals surface area contributed by atoms with Gasteiger partial charge >= 0.3 is 0 Å². The summed E-state index contributed by atoms with van der Waals surface area (Å²) in [5, 5.41) is 5.60. The SMILES string of the molecule is O=C(Nc1cc(C(=O)NC2CC2)ccc1Cl)c1ccc(=O)n(-c2c(F)cccc2F)c1. The molecule has 3 aromatic rings. The molecule has 1 fully saturated rings. The quantitative estimate of drug-likeness (QED) is 0.627. The van der Waals surface area contributed by atoms with Gasteiger partial charge in [-0.25, -0.2) is 8.78 Å². The van der Waals surface area contributed by atoms with Crippen LogP contribution in [0.2, 0.25) is 5.02 Å². The summed E-state index contributed by atoms with van der Waals surface area (Å²) in [7, 11) is 0. The number of anilines is 1. The van der Waals surface area contributed by atoms with Gasteiger partial charge in [0.15, 0.2) is 0 Å². The lowest BCUT2D eigenvalue weighted by molar-refractivity contribution is 0.0949. The zero-order valence-corrected chi connectivity index (χ0v) is 16.7. The fraction of sp³-hybridized carbons (Fsp3) is 0.136. The van der Waals surface area contributed by atoms with Crippen molar-refractivity contribution in [2.75, 3.05) is 5.32 Å². The highest BCUT2D eigenvalue weighted by Gasteiger charge is 2.24. The van der Waals surface area contributed by atoms with Crippen LogP contribution < -0.4 is 16.2 Å². The molecule has 0 aliphatic heterocycles. The van der Waals surface area contributed by atoms with Crippen LogP contribution in [0.25, 0.3) is 5.69 Å². The van der Waals surface area contributed by atoms with E-state index in [1.54, 1.807) is 0 Å². The Hall–Kier alpha value is -3.52. The van der Waals surface area contributed by atoms with E-state index in [-0.39, 0.29) is 28.2 Å². The van der Waals surface area contributed by atoms with Gasteiger partial charge < -0.3 is 10.6 Å². The minimum absolute atomic E-state index is 0.0360. The second kappa shape index (κ2) is 8.31. The Kier molecular flexibility index (Phi) is 5.56. The number of carbonyl (C=O) groups is 2. The summed E-state index contributed by atoms with van der Waals surface area (Å²) in [6.07, 6.45) is 2.90. The number of amides is 2. The van der Waals surface area contributed by atoms with Crippen LogP contribution in [0.1, 0.15) is 33.6 Å². The largest absolute Gasteiger partial charge is 0.349 e. The number of aromatic nitrogens is 1. The molecular formula is C22H16ClF2N3O3. The summed E-state index contributed by atoms with van der Waals surface area (Å²) in [6.45, 7) is 0. The van der Waals surface area contributed by atoms with Gasteiger partial charge in [-0.05, 0) is 49.2 Å². The maximum atomic E-state index is 14.1. The minimum atomic E-state index is -0.947. The number of halogens is 3. The van der Waals surface area contributed by atoms with E-state index in [0.717, 1.165) is 41.8 Å². The normalized spacial score (nSPS) is 13.0. The molecule has 2 N–H and O–H groups in total. The van der Waals surface area contributed by atoms with E-state index in [9.17, 15) is 23.2 Å². The van der Waals surface area contributed by atoms with Gasteiger partial charge in [-0.1, -0.05) is 17.7 Å². The molecule has 1 aromatic heterocycles. The van der Waals surface area contributed by atoms with Crippen molar-refractivity contribution < 1.29 is 18.4 Å². The van der Waals surface area contributed by atoms with Crippen LogP contribution in [0.5, 0.6) is 0 Å². The molecule has 0 unspecified atom stereocenters. The van der Waals surface area contributed by atoms with Crippen LogP contribution in [0.4, 0.5) is 14.5 Å². The van der Waals surface area contributed by atoms with Crippen molar-refractivity contribution in [1.82, 2.24) is 9.88 Å². The molecule has 9 heteroatoms. The zero-order chi connectivity index (χ0) is 22.1. The van der Waals surface area contributed by atoms with Crippen LogP contribution in [-0.4, -0.2) is 22.4 Å². The molecule has 0 atom stereocenters. The van der Waals surface area contributed by atoms with Crippen molar-refractivity contribution in [2.24, 2.45) is 0 Å². The van der Waals surface area contributed by atoms with E-state index >= 15 is 0 Å². The zero-order valence-electron chi connectivity index (χ0n) is 16.0.